The van der Waals surface area contributed by atoms with Gasteiger partial charge in [0.25, 0.3) is 0 Å². The Morgan fingerprint density at radius 1 is 0.723 bits per heavy atom. The largest absolute Gasteiger partial charge is 0.494 e. The van der Waals surface area contributed by atoms with Gasteiger partial charge in [0.2, 0.25) is 16.6 Å². The van der Waals surface area contributed by atoms with Gasteiger partial charge in [0.15, 0.2) is 11.5 Å². The van der Waals surface area contributed by atoms with Gasteiger partial charge in [0.05, 0.1) is 16.4 Å². The van der Waals surface area contributed by atoms with Crippen molar-refractivity contribution in [3.8, 4) is 17.2 Å². The van der Waals surface area contributed by atoms with Gasteiger partial charge in [0, 0.05) is 25.7 Å². The summed E-state index contributed by atoms with van der Waals surface area (Å²) < 4.78 is 43.1. The molecule has 254 valence electrons. The lowest BCUT2D eigenvalue weighted by Crippen LogP contribution is -2.40. The summed E-state index contributed by atoms with van der Waals surface area (Å²) in [6, 6.07) is 20.9. The maximum atomic E-state index is 13.2. The molecule has 0 amide bonds. The molecule has 3 aromatic carbocycles. The summed E-state index contributed by atoms with van der Waals surface area (Å²) in [4.78, 5) is 8.09. The first-order chi connectivity index (χ1) is 22.9. The van der Waals surface area contributed by atoms with Crippen LogP contribution in [-0.4, -0.2) is 82.3 Å². The molecule has 0 spiro atoms. The number of rotatable bonds is 14. The van der Waals surface area contributed by atoms with Crippen molar-refractivity contribution in [2.45, 2.75) is 68.8 Å². The van der Waals surface area contributed by atoms with Gasteiger partial charge in [-0.15, -0.1) is 0 Å². The molecule has 0 unspecified atom stereocenters. The van der Waals surface area contributed by atoms with Gasteiger partial charge in [-0.05, 0) is 131 Å². The zero-order valence-electron chi connectivity index (χ0n) is 28.1. The molecule has 2 fully saturated rings. The summed E-state index contributed by atoms with van der Waals surface area (Å²) in [5, 5.41) is 0. The van der Waals surface area contributed by atoms with Gasteiger partial charge in [-0.3, -0.25) is 9.80 Å². The van der Waals surface area contributed by atoms with E-state index in [1.807, 2.05) is 12.1 Å². The van der Waals surface area contributed by atoms with Crippen LogP contribution in [0.5, 0.6) is 17.2 Å². The Bertz CT molecular complexity index is 1530. The predicted octanol–water partition coefficient (Wildman–Crippen LogP) is 6.48. The number of hydrogen-bond donors (Lipinski definition) is 0. The fraction of sp³-hybridized carbons (Fsp3) is 0.526. The number of benzene rings is 3. The van der Waals surface area contributed by atoms with E-state index in [9.17, 15) is 8.42 Å². The highest BCUT2D eigenvalue weighted by Gasteiger charge is 2.30. The fourth-order valence-electron chi connectivity index (χ4n) is 7.34. The van der Waals surface area contributed by atoms with Crippen LogP contribution < -0.4 is 14.2 Å². The van der Waals surface area contributed by atoms with Crippen molar-refractivity contribution in [2.24, 2.45) is 11.8 Å². The van der Waals surface area contributed by atoms with E-state index in [2.05, 4.69) is 52.8 Å². The van der Waals surface area contributed by atoms with Gasteiger partial charge >= 0.3 is 0 Å². The predicted molar refractivity (Wildman–Crippen MR) is 185 cm³/mol. The number of hydrogen-bond acceptors (Lipinski definition) is 8. The van der Waals surface area contributed by atoms with E-state index in [0.717, 1.165) is 82.0 Å². The van der Waals surface area contributed by atoms with Crippen molar-refractivity contribution >= 4 is 9.84 Å². The molecule has 8 nitrogen and oxygen atoms in total. The standard InChI is InChI=1S/C38H51N3O5S/c1-3-39(4-2)20-5-25-44-34-10-6-30(7-11-34)27-40-21-16-32(17-22-40)33-18-23-41(24-19-33)28-31-8-12-35(13-9-31)47(42,43)36-14-15-37-38(26-36)46-29-45-37/h6-15,26,32-33H,3-5,16-25,27-29H2,1-2H3. The maximum Gasteiger partial charge on any atom is 0.231 e. The molecule has 3 aliphatic heterocycles. The van der Waals surface area contributed by atoms with E-state index in [1.165, 1.54) is 44.3 Å². The zero-order chi connectivity index (χ0) is 32.6. The molecule has 0 N–H and O–H groups in total. The Kier molecular flexibility index (Phi) is 11.4. The Morgan fingerprint density at radius 2 is 1.26 bits per heavy atom. The molecule has 0 aromatic heterocycles. The minimum Gasteiger partial charge on any atom is -0.494 e. The first-order valence-corrected chi connectivity index (χ1v) is 19.0. The SMILES string of the molecule is CCN(CC)CCCOc1ccc(CN2CCC(C3CCN(Cc4ccc(S(=O)(=O)c5ccc6c(c5)OCO6)cc4)CC3)CC2)cc1. The van der Waals surface area contributed by atoms with Gasteiger partial charge in [-0.2, -0.15) is 0 Å². The highest BCUT2D eigenvalue weighted by Crippen LogP contribution is 2.36. The van der Waals surface area contributed by atoms with Crippen molar-refractivity contribution < 1.29 is 22.6 Å². The van der Waals surface area contributed by atoms with Gasteiger partial charge in [-0.1, -0.05) is 38.1 Å². The van der Waals surface area contributed by atoms with E-state index in [4.69, 9.17) is 14.2 Å². The Hall–Kier alpha value is -3.11. The van der Waals surface area contributed by atoms with Crippen LogP contribution in [0.15, 0.2) is 76.5 Å². The van der Waals surface area contributed by atoms with Crippen molar-refractivity contribution in [2.75, 3.05) is 59.2 Å². The summed E-state index contributed by atoms with van der Waals surface area (Å²) in [6.45, 7) is 15.0. The third kappa shape index (κ3) is 8.68. The molecule has 3 heterocycles. The smallest absolute Gasteiger partial charge is 0.231 e. The molecule has 0 saturated carbocycles. The normalized spacial score (nSPS) is 18.2. The first kappa shape index (κ1) is 33.8. The van der Waals surface area contributed by atoms with Crippen LogP contribution in [0.3, 0.4) is 0 Å². The van der Waals surface area contributed by atoms with E-state index >= 15 is 0 Å². The minimum absolute atomic E-state index is 0.120. The molecule has 0 aliphatic carbocycles. The second-order valence-electron chi connectivity index (χ2n) is 13.3. The van der Waals surface area contributed by atoms with Gasteiger partial charge in [-0.25, -0.2) is 8.42 Å². The molecule has 47 heavy (non-hydrogen) atoms. The average molecular weight is 662 g/mol. The second-order valence-corrected chi connectivity index (χ2v) is 15.2. The lowest BCUT2D eigenvalue weighted by atomic mass is 9.78. The quantitative estimate of drug-likeness (QED) is 0.182. The number of sulfone groups is 1. The minimum atomic E-state index is -3.62. The van der Waals surface area contributed by atoms with Crippen LogP contribution in [-0.2, 0) is 22.9 Å². The van der Waals surface area contributed by atoms with Crippen molar-refractivity contribution in [1.82, 2.24) is 14.7 Å². The summed E-state index contributed by atoms with van der Waals surface area (Å²) in [5.41, 5.74) is 2.52. The second kappa shape index (κ2) is 15.9. The summed E-state index contributed by atoms with van der Waals surface area (Å²) in [7, 11) is -3.62. The van der Waals surface area contributed by atoms with Crippen LogP contribution >= 0.6 is 0 Å². The van der Waals surface area contributed by atoms with E-state index < -0.39 is 9.84 Å². The van der Waals surface area contributed by atoms with Crippen molar-refractivity contribution in [3.63, 3.8) is 0 Å². The summed E-state index contributed by atoms with van der Waals surface area (Å²) in [5.74, 6) is 3.65. The monoisotopic (exact) mass is 661 g/mol. The van der Waals surface area contributed by atoms with E-state index in [1.54, 1.807) is 30.3 Å². The number of piperidine rings is 2. The topological polar surface area (TPSA) is 71.6 Å². The van der Waals surface area contributed by atoms with E-state index in [-0.39, 0.29) is 11.7 Å². The van der Waals surface area contributed by atoms with Crippen LogP contribution in [0.1, 0.15) is 57.1 Å². The van der Waals surface area contributed by atoms with Crippen LogP contribution in [0.25, 0.3) is 0 Å². The third-order valence-electron chi connectivity index (χ3n) is 10.3. The summed E-state index contributed by atoms with van der Waals surface area (Å²) in [6.07, 6.45) is 6.13. The molecular weight excluding hydrogens is 611 g/mol. The Balaban J connectivity index is 0.897. The van der Waals surface area contributed by atoms with Crippen molar-refractivity contribution in [3.05, 3.63) is 77.9 Å². The van der Waals surface area contributed by atoms with Gasteiger partial charge < -0.3 is 19.1 Å². The molecular formula is C38H51N3O5S. The molecule has 0 atom stereocenters. The highest BCUT2D eigenvalue weighted by atomic mass is 32.2. The molecule has 0 radical (unpaired) electrons. The first-order valence-electron chi connectivity index (χ1n) is 17.5. The Morgan fingerprint density at radius 3 is 1.83 bits per heavy atom. The number of likely N-dealkylation sites (tertiary alicyclic amines) is 2. The molecule has 9 heteroatoms. The lowest BCUT2D eigenvalue weighted by Gasteiger charge is -2.40. The molecule has 2 saturated heterocycles. The van der Waals surface area contributed by atoms with Crippen LogP contribution in [0.2, 0.25) is 0 Å². The molecule has 3 aliphatic rings. The van der Waals surface area contributed by atoms with Crippen LogP contribution in [0.4, 0.5) is 0 Å². The molecule has 6 rings (SSSR count). The average Bonchev–Trinajstić information content (AvgIpc) is 3.58. The zero-order valence-corrected chi connectivity index (χ0v) is 28.9. The van der Waals surface area contributed by atoms with Gasteiger partial charge in [0.1, 0.15) is 5.75 Å². The lowest BCUT2D eigenvalue weighted by molar-refractivity contribution is 0.0909. The summed E-state index contributed by atoms with van der Waals surface area (Å²) >= 11 is 0. The maximum absolute atomic E-state index is 13.2. The number of ether oxygens (including phenoxy) is 3. The third-order valence-corrected chi connectivity index (χ3v) is 12.1. The number of nitrogens with zero attached hydrogens (tertiary/aromatic N) is 3. The molecule has 3 aromatic rings. The Labute approximate surface area is 281 Å². The van der Waals surface area contributed by atoms with Crippen LogP contribution in [0, 0.1) is 11.8 Å². The van der Waals surface area contributed by atoms with Crippen molar-refractivity contribution in [1.29, 1.82) is 0 Å². The molecule has 0 bridgehead atoms. The fourth-order valence-corrected chi connectivity index (χ4v) is 8.62. The highest BCUT2D eigenvalue weighted by molar-refractivity contribution is 7.91. The number of fused-ring (bicyclic) bond motifs is 1. The van der Waals surface area contributed by atoms with E-state index in [0.29, 0.717) is 16.4 Å².